The molecule has 0 aliphatic carbocycles. The molecule has 0 saturated heterocycles. The summed E-state index contributed by atoms with van der Waals surface area (Å²) in [6.45, 7) is 0.393. The van der Waals surface area contributed by atoms with Gasteiger partial charge in [0.05, 0.1) is 17.2 Å². The van der Waals surface area contributed by atoms with Crippen LogP contribution in [0.4, 0.5) is 13.2 Å². The summed E-state index contributed by atoms with van der Waals surface area (Å²) in [5.74, 6) is -0.491. The fourth-order valence-electron chi connectivity index (χ4n) is 1.55. The standard InChI is InChI=1S/C11H11F3N2O4S/c12-11(13,14)20-9-1-3-10(4-2-9)21(17,18)15-7-8-5-6-19-16-8/h1-4,15H,5-7H2. The zero-order valence-electron chi connectivity index (χ0n) is 10.6. The van der Waals surface area contributed by atoms with Crippen LogP contribution >= 0.6 is 0 Å². The van der Waals surface area contributed by atoms with E-state index in [4.69, 9.17) is 4.84 Å². The van der Waals surface area contributed by atoms with Gasteiger partial charge in [-0.15, -0.1) is 13.2 Å². The van der Waals surface area contributed by atoms with E-state index in [0.717, 1.165) is 24.3 Å². The van der Waals surface area contributed by atoms with Gasteiger partial charge < -0.3 is 9.57 Å². The van der Waals surface area contributed by atoms with E-state index in [1.807, 2.05) is 0 Å². The van der Waals surface area contributed by atoms with E-state index in [9.17, 15) is 21.6 Å². The van der Waals surface area contributed by atoms with Crippen molar-refractivity contribution in [2.24, 2.45) is 5.16 Å². The molecule has 0 unspecified atom stereocenters. The zero-order valence-corrected chi connectivity index (χ0v) is 11.4. The summed E-state index contributed by atoms with van der Waals surface area (Å²) in [7, 11) is -3.83. The molecule has 1 aliphatic rings. The maximum absolute atomic E-state index is 12.0. The highest BCUT2D eigenvalue weighted by Crippen LogP contribution is 2.23. The van der Waals surface area contributed by atoms with E-state index in [2.05, 4.69) is 14.6 Å². The minimum Gasteiger partial charge on any atom is -0.406 e. The fraction of sp³-hybridized carbons (Fsp3) is 0.364. The quantitative estimate of drug-likeness (QED) is 0.893. The molecule has 0 atom stereocenters. The van der Waals surface area contributed by atoms with Crippen LogP contribution in [-0.4, -0.2) is 33.6 Å². The molecule has 1 aromatic rings. The molecule has 0 aromatic heterocycles. The SMILES string of the molecule is O=S(=O)(NCC1=NOCC1)c1ccc(OC(F)(F)F)cc1. The number of hydrogen-bond donors (Lipinski definition) is 1. The highest BCUT2D eigenvalue weighted by atomic mass is 32.2. The number of halogens is 3. The van der Waals surface area contributed by atoms with Gasteiger partial charge in [0.15, 0.2) is 0 Å². The van der Waals surface area contributed by atoms with Crippen molar-refractivity contribution in [2.75, 3.05) is 13.2 Å². The average Bonchev–Trinajstić information content (AvgIpc) is 2.88. The van der Waals surface area contributed by atoms with Crippen LogP contribution in [0.15, 0.2) is 34.3 Å². The number of oxime groups is 1. The third-order valence-corrected chi connectivity index (χ3v) is 3.93. The predicted octanol–water partition coefficient (Wildman–Crippen LogP) is 1.64. The summed E-state index contributed by atoms with van der Waals surface area (Å²) >= 11 is 0. The topological polar surface area (TPSA) is 77.0 Å². The number of benzene rings is 1. The normalized spacial score (nSPS) is 15.5. The first kappa shape index (κ1) is 15.6. The van der Waals surface area contributed by atoms with Gasteiger partial charge in [-0.3, -0.25) is 0 Å². The molecular formula is C11H11F3N2O4S. The number of hydrogen-bond acceptors (Lipinski definition) is 5. The van der Waals surface area contributed by atoms with Gasteiger partial charge in [-0.05, 0) is 24.3 Å². The number of nitrogens with zero attached hydrogens (tertiary/aromatic N) is 1. The Morgan fingerprint density at radius 1 is 1.29 bits per heavy atom. The largest absolute Gasteiger partial charge is 0.573 e. The van der Waals surface area contributed by atoms with Gasteiger partial charge in [-0.2, -0.15) is 0 Å². The van der Waals surface area contributed by atoms with E-state index in [-0.39, 0.29) is 11.4 Å². The molecule has 1 aromatic carbocycles. The van der Waals surface area contributed by atoms with Gasteiger partial charge in [0.2, 0.25) is 10.0 Å². The summed E-state index contributed by atoms with van der Waals surface area (Å²) in [4.78, 5) is 4.55. The van der Waals surface area contributed by atoms with Crippen LogP contribution < -0.4 is 9.46 Å². The lowest BCUT2D eigenvalue weighted by molar-refractivity contribution is -0.274. The van der Waals surface area contributed by atoms with Crippen molar-refractivity contribution in [3.63, 3.8) is 0 Å². The van der Waals surface area contributed by atoms with Gasteiger partial charge in [0.1, 0.15) is 12.4 Å². The van der Waals surface area contributed by atoms with Crippen LogP contribution in [0.2, 0.25) is 0 Å². The Morgan fingerprint density at radius 3 is 2.48 bits per heavy atom. The Hall–Kier alpha value is -1.81. The Morgan fingerprint density at radius 2 is 1.95 bits per heavy atom. The fourth-order valence-corrected chi connectivity index (χ4v) is 2.57. The van der Waals surface area contributed by atoms with Crippen molar-refractivity contribution in [3.8, 4) is 5.75 Å². The molecule has 1 aliphatic heterocycles. The first-order valence-electron chi connectivity index (χ1n) is 5.79. The molecule has 2 rings (SSSR count). The summed E-state index contributed by atoms with van der Waals surface area (Å²) < 4.78 is 65.7. The second kappa shape index (κ2) is 5.90. The van der Waals surface area contributed by atoms with Crippen LogP contribution in [0.1, 0.15) is 6.42 Å². The van der Waals surface area contributed by atoms with Gasteiger partial charge >= 0.3 is 6.36 Å². The third-order valence-electron chi connectivity index (χ3n) is 2.51. The van der Waals surface area contributed by atoms with Crippen molar-refractivity contribution in [1.29, 1.82) is 0 Å². The van der Waals surface area contributed by atoms with Crippen molar-refractivity contribution < 1.29 is 31.2 Å². The molecule has 0 spiro atoms. The smallest absolute Gasteiger partial charge is 0.406 e. The lowest BCUT2D eigenvalue weighted by atomic mass is 10.3. The van der Waals surface area contributed by atoms with E-state index < -0.39 is 22.1 Å². The molecule has 0 amide bonds. The third kappa shape index (κ3) is 4.60. The van der Waals surface area contributed by atoms with Crippen molar-refractivity contribution in [2.45, 2.75) is 17.7 Å². The van der Waals surface area contributed by atoms with Gasteiger partial charge in [0, 0.05) is 6.42 Å². The zero-order chi connectivity index (χ0) is 15.5. The van der Waals surface area contributed by atoms with Crippen LogP contribution in [0.5, 0.6) is 5.75 Å². The van der Waals surface area contributed by atoms with Crippen LogP contribution in [0.25, 0.3) is 0 Å². The Balaban J connectivity index is 2.02. The van der Waals surface area contributed by atoms with Crippen LogP contribution in [-0.2, 0) is 14.9 Å². The minimum atomic E-state index is -4.82. The Kier molecular flexibility index (Phi) is 4.37. The molecule has 0 saturated carbocycles. The van der Waals surface area contributed by atoms with Gasteiger partial charge in [-0.1, -0.05) is 5.16 Å². The monoisotopic (exact) mass is 324 g/mol. The van der Waals surface area contributed by atoms with Gasteiger partial charge in [-0.25, -0.2) is 13.1 Å². The molecule has 21 heavy (non-hydrogen) atoms. The summed E-state index contributed by atoms with van der Waals surface area (Å²) in [6, 6.07) is 3.91. The summed E-state index contributed by atoms with van der Waals surface area (Å²) in [5, 5.41) is 3.63. The van der Waals surface area contributed by atoms with Crippen molar-refractivity contribution in [3.05, 3.63) is 24.3 Å². The van der Waals surface area contributed by atoms with E-state index in [0.29, 0.717) is 18.7 Å². The average molecular weight is 324 g/mol. The molecule has 0 radical (unpaired) electrons. The molecule has 0 bridgehead atoms. The number of nitrogens with one attached hydrogen (secondary N) is 1. The first-order valence-corrected chi connectivity index (χ1v) is 7.28. The number of sulfonamides is 1. The van der Waals surface area contributed by atoms with Crippen molar-refractivity contribution in [1.82, 2.24) is 4.72 Å². The lowest BCUT2D eigenvalue weighted by Crippen LogP contribution is -2.29. The Bertz CT molecular complexity index is 626. The molecule has 6 nitrogen and oxygen atoms in total. The molecule has 116 valence electrons. The maximum Gasteiger partial charge on any atom is 0.573 e. The summed E-state index contributed by atoms with van der Waals surface area (Å²) in [6.07, 6.45) is -4.29. The van der Waals surface area contributed by atoms with E-state index >= 15 is 0 Å². The molecule has 1 heterocycles. The van der Waals surface area contributed by atoms with Gasteiger partial charge in [0.25, 0.3) is 0 Å². The van der Waals surface area contributed by atoms with Crippen LogP contribution in [0.3, 0.4) is 0 Å². The van der Waals surface area contributed by atoms with E-state index in [1.54, 1.807) is 0 Å². The number of ether oxygens (including phenoxy) is 1. The molecular weight excluding hydrogens is 313 g/mol. The second-order valence-electron chi connectivity index (χ2n) is 4.08. The number of alkyl halides is 3. The molecule has 10 heteroatoms. The number of rotatable bonds is 5. The van der Waals surface area contributed by atoms with Crippen LogP contribution in [0, 0.1) is 0 Å². The first-order chi connectivity index (χ1) is 9.76. The molecule has 0 fully saturated rings. The predicted molar refractivity (Wildman–Crippen MR) is 66.3 cm³/mol. The highest BCUT2D eigenvalue weighted by molar-refractivity contribution is 7.89. The van der Waals surface area contributed by atoms with E-state index in [1.165, 1.54) is 0 Å². The lowest BCUT2D eigenvalue weighted by Gasteiger charge is -2.10. The molecule has 1 N–H and O–H groups in total. The highest BCUT2D eigenvalue weighted by Gasteiger charge is 2.31. The Labute approximate surface area is 118 Å². The van der Waals surface area contributed by atoms with Crippen molar-refractivity contribution >= 4 is 15.7 Å². The second-order valence-corrected chi connectivity index (χ2v) is 5.85. The minimum absolute atomic E-state index is 0.0108. The maximum atomic E-state index is 12.0. The summed E-state index contributed by atoms with van der Waals surface area (Å²) in [5.41, 5.74) is 0.551.